The Morgan fingerprint density at radius 1 is 1.11 bits per heavy atom. The van der Waals surface area contributed by atoms with Crippen LogP contribution in [0.15, 0.2) is 58.6 Å². The Kier molecular flexibility index (Phi) is 6.56. The predicted molar refractivity (Wildman–Crippen MR) is 108 cm³/mol. The number of ether oxygens (including phenoxy) is 1. The van der Waals surface area contributed by atoms with E-state index in [1.54, 1.807) is 52.0 Å². The Hall–Kier alpha value is -2.74. The largest absolute Gasteiger partial charge is 0.426 e. The second kappa shape index (κ2) is 8.52. The quantitative estimate of drug-likeness (QED) is 0.411. The number of hydrogen-bond acceptors (Lipinski definition) is 6. The molecule has 0 saturated carbocycles. The fraction of sp³-hybridized carbons (Fsp3) is 0.350. The fourth-order valence-electron chi connectivity index (χ4n) is 2.38. The van der Waals surface area contributed by atoms with Gasteiger partial charge < -0.3 is 4.74 Å². The van der Waals surface area contributed by atoms with Gasteiger partial charge in [0.1, 0.15) is 11.8 Å². The van der Waals surface area contributed by atoms with E-state index in [2.05, 4.69) is 9.90 Å². The van der Waals surface area contributed by atoms with Crippen LogP contribution >= 0.6 is 0 Å². The first kappa shape index (κ1) is 21.6. The number of hydrogen-bond donors (Lipinski definition) is 1. The number of anilines is 1. The molecule has 0 aliphatic carbocycles. The van der Waals surface area contributed by atoms with Crippen LogP contribution in [0, 0.1) is 10.3 Å². The topological polar surface area (TPSA) is 102 Å². The molecule has 7 nitrogen and oxygen atoms in total. The molecule has 1 N–H and O–H groups in total. The van der Waals surface area contributed by atoms with Crippen LogP contribution in [0.3, 0.4) is 0 Å². The third kappa shape index (κ3) is 5.16. The molecule has 0 aromatic heterocycles. The van der Waals surface area contributed by atoms with Gasteiger partial charge in [-0.15, -0.1) is 0 Å². The van der Waals surface area contributed by atoms with Crippen molar-refractivity contribution in [2.24, 2.45) is 10.6 Å². The summed E-state index contributed by atoms with van der Waals surface area (Å²) < 4.78 is 33.2. The molecule has 0 fully saturated rings. The molecule has 0 amide bonds. The van der Waals surface area contributed by atoms with Gasteiger partial charge in [0.2, 0.25) is 0 Å². The molecule has 2 rings (SSSR count). The number of nitrogens with one attached hydrogen (secondary N) is 1. The number of carbonyl (C=O) groups excluding carboxylic acids is 1. The second-order valence-electron chi connectivity index (χ2n) is 7.33. The number of benzene rings is 2. The molecule has 150 valence electrons. The van der Waals surface area contributed by atoms with E-state index in [9.17, 15) is 18.1 Å². The van der Waals surface area contributed by atoms with Gasteiger partial charge in [-0.05, 0) is 57.5 Å². The number of nitroso groups, excluding NO2 is 1. The molecule has 0 aliphatic rings. The maximum absolute atomic E-state index is 12.7. The van der Waals surface area contributed by atoms with E-state index in [4.69, 9.17) is 4.74 Å². The van der Waals surface area contributed by atoms with Crippen LogP contribution in [0.1, 0.15) is 45.7 Å². The minimum absolute atomic E-state index is 0.00460. The van der Waals surface area contributed by atoms with Crippen molar-refractivity contribution in [1.82, 2.24) is 0 Å². The summed E-state index contributed by atoms with van der Waals surface area (Å²) in [5.74, 6) is -0.155. The van der Waals surface area contributed by atoms with Crippen molar-refractivity contribution in [1.29, 1.82) is 0 Å². The van der Waals surface area contributed by atoms with E-state index >= 15 is 0 Å². The highest BCUT2D eigenvalue weighted by Crippen LogP contribution is 2.30. The normalized spacial score (nSPS) is 12.9. The molecule has 0 spiro atoms. The van der Waals surface area contributed by atoms with Crippen LogP contribution in [0.2, 0.25) is 0 Å². The smallest absolute Gasteiger partial charge is 0.316 e. The first-order valence-corrected chi connectivity index (χ1v) is 10.3. The lowest BCUT2D eigenvalue weighted by Crippen LogP contribution is -2.25. The molecule has 2 aromatic rings. The minimum Gasteiger partial charge on any atom is -0.426 e. The number of rotatable bonds is 7. The van der Waals surface area contributed by atoms with Crippen molar-refractivity contribution in [2.75, 3.05) is 4.72 Å². The number of carbonyl (C=O) groups is 1. The van der Waals surface area contributed by atoms with Crippen LogP contribution in [-0.4, -0.2) is 14.4 Å². The van der Waals surface area contributed by atoms with Gasteiger partial charge in [0, 0.05) is 5.56 Å². The first-order chi connectivity index (χ1) is 13.1. The zero-order valence-electron chi connectivity index (χ0n) is 16.3. The summed E-state index contributed by atoms with van der Waals surface area (Å²) in [6, 6.07) is 11.6. The van der Waals surface area contributed by atoms with E-state index in [-0.39, 0.29) is 10.6 Å². The highest BCUT2D eigenvalue weighted by molar-refractivity contribution is 7.92. The second-order valence-corrected chi connectivity index (χ2v) is 9.02. The van der Waals surface area contributed by atoms with Gasteiger partial charge in [0.15, 0.2) is 0 Å². The van der Waals surface area contributed by atoms with Crippen molar-refractivity contribution in [3.63, 3.8) is 0 Å². The summed E-state index contributed by atoms with van der Waals surface area (Å²) in [5.41, 5.74) is 0.148. The Morgan fingerprint density at radius 3 is 2.25 bits per heavy atom. The van der Waals surface area contributed by atoms with Crippen LogP contribution in [0.25, 0.3) is 0 Å². The zero-order chi connectivity index (χ0) is 20.9. The molecule has 8 heteroatoms. The summed E-state index contributed by atoms with van der Waals surface area (Å²) in [4.78, 5) is 23.0. The Morgan fingerprint density at radius 2 is 1.71 bits per heavy atom. The van der Waals surface area contributed by atoms with Crippen molar-refractivity contribution >= 4 is 21.7 Å². The van der Waals surface area contributed by atoms with E-state index in [0.29, 0.717) is 17.7 Å². The van der Waals surface area contributed by atoms with Gasteiger partial charge in [-0.3, -0.25) is 9.52 Å². The molecule has 1 atom stereocenters. The summed E-state index contributed by atoms with van der Waals surface area (Å²) in [7, 11) is -3.89. The third-order valence-corrected chi connectivity index (χ3v) is 5.42. The Bertz CT molecular complexity index is 947. The third-order valence-electron chi connectivity index (χ3n) is 4.04. The van der Waals surface area contributed by atoms with Crippen molar-refractivity contribution in [3.8, 4) is 5.75 Å². The van der Waals surface area contributed by atoms with Gasteiger partial charge in [0.05, 0.1) is 16.0 Å². The van der Waals surface area contributed by atoms with Crippen LogP contribution in [-0.2, 0) is 14.8 Å². The highest BCUT2D eigenvalue weighted by Gasteiger charge is 2.24. The van der Waals surface area contributed by atoms with Crippen LogP contribution in [0.4, 0.5) is 5.69 Å². The van der Waals surface area contributed by atoms with Gasteiger partial charge in [-0.25, -0.2) is 8.42 Å². The number of sulfonamides is 1. The van der Waals surface area contributed by atoms with Gasteiger partial charge in [-0.2, -0.15) is 4.91 Å². The summed E-state index contributed by atoms with van der Waals surface area (Å²) in [6.07, 6.45) is 0.454. The predicted octanol–water partition coefficient (Wildman–Crippen LogP) is 4.66. The standard InChI is InChI=1S/C20H24N2O5S/c1-5-17(21-24)16-8-6-7-9-18(16)22-28(25,26)15-12-10-14(11-13-15)27-19(23)20(2,3)4/h6-13,17,22H,5H2,1-4H3. The molecular weight excluding hydrogens is 380 g/mol. The first-order valence-electron chi connectivity index (χ1n) is 8.85. The molecule has 0 aliphatic heterocycles. The lowest BCUT2D eigenvalue weighted by atomic mass is 9.97. The molecule has 0 saturated heterocycles. The van der Waals surface area contributed by atoms with E-state index in [1.165, 1.54) is 24.3 Å². The van der Waals surface area contributed by atoms with Gasteiger partial charge in [0.25, 0.3) is 10.0 Å². The highest BCUT2D eigenvalue weighted by atomic mass is 32.2. The fourth-order valence-corrected chi connectivity index (χ4v) is 3.47. The summed E-state index contributed by atoms with van der Waals surface area (Å²) in [5, 5.41) is 3.07. The molecule has 0 heterocycles. The average Bonchev–Trinajstić information content (AvgIpc) is 2.63. The molecule has 1 unspecified atom stereocenters. The summed E-state index contributed by atoms with van der Waals surface area (Å²) >= 11 is 0. The maximum atomic E-state index is 12.7. The van der Waals surface area contributed by atoms with E-state index in [1.807, 2.05) is 0 Å². The Balaban J connectivity index is 2.25. The van der Waals surface area contributed by atoms with Crippen molar-refractivity contribution in [3.05, 3.63) is 59.0 Å². The van der Waals surface area contributed by atoms with E-state index in [0.717, 1.165) is 0 Å². The molecule has 28 heavy (non-hydrogen) atoms. The molecule has 0 bridgehead atoms. The SMILES string of the molecule is CCC(N=O)c1ccccc1NS(=O)(=O)c1ccc(OC(=O)C(C)(C)C)cc1. The van der Waals surface area contributed by atoms with E-state index < -0.39 is 27.4 Å². The molecule has 2 aromatic carbocycles. The zero-order valence-corrected chi connectivity index (χ0v) is 17.1. The molecular formula is C20H24N2O5S. The van der Waals surface area contributed by atoms with Gasteiger partial charge in [-0.1, -0.05) is 30.3 Å². The molecule has 0 radical (unpaired) electrons. The minimum atomic E-state index is -3.89. The number of nitrogens with zero attached hydrogens (tertiary/aromatic N) is 1. The van der Waals surface area contributed by atoms with Crippen LogP contribution in [0.5, 0.6) is 5.75 Å². The number of para-hydroxylation sites is 1. The lowest BCUT2D eigenvalue weighted by molar-refractivity contribution is -0.143. The number of esters is 1. The van der Waals surface area contributed by atoms with Crippen LogP contribution < -0.4 is 9.46 Å². The van der Waals surface area contributed by atoms with Crippen molar-refractivity contribution in [2.45, 2.75) is 45.1 Å². The maximum Gasteiger partial charge on any atom is 0.316 e. The Labute approximate surface area is 165 Å². The summed E-state index contributed by atoms with van der Waals surface area (Å²) in [6.45, 7) is 6.99. The van der Waals surface area contributed by atoms with Gasteiger partial charge >= 0.3 is 5.97 Å². The lowest BCUT2D eigenvalue weighted by Gasteiger charge is -2.17. The van der Waals surface area contributed by atoms with Crippen molar-refractivity contribution < 1.29 is 17.9 Å². The average molecular weight is 404 g/mol. The monoisotopic (exact) mass is 404 g/mol.